The lowest BCUT2D eigenvalue weighted by molar-refractivity contribution is 0.213. The van der Waals surface area contributed by atoms with E-state index in [4.69, 9.17) is 5.11 Å². The van der Waals surface area contributed by atoms with Gasteiger partial charge in [0, 0.05) is 11.8 Å². The van der Waals surface area contributed by atoms with Crippen molar-refractivity contribution in [3.63, 3.8) is 0 Å². The van der Waals surface area contributed by atoms with Crippen LogP contribution in [0.4, 0.5) is 0 Å². The van der Waals surface area contributed by atoms with E-state index in [1.807, 2.05) is 36.4 Å². The molecule has 4 heteroatoms. The van der Waals surface area contributed by atoms with Gasteiger partial charge in [-0.2, -0.15) is 0 Å². The van der Waals surface area contributed by atoms with Crippen LogP contribution in [0.15, 0.2) is 60.8 Å². The Bertz CT molecular complexity index is 665. The van der Waals surface area contributed by atoms with Gasteiger partial charge in [-0.25, -0.2) is 0 Å². The first kappa shape index (κ1) is 16.9. The molecule has 0 unspecified atom stereocenters. The second kappa shape index (κ2) is 8.88. The second-order valence-corrected chi connectivity index (χ2v) is 5.16. The van der Waals surface area contributed by atoms with Crippen LogP contribution in [0.2, 0.25) is 0 Å². The molecule has 0 saturated heterocycles. The van der Waals surface area contributed by atoms with Gasteiger partial charge < -0.3 is 15.3 Å². The van der Waals surface area contributed by atoms with E-state index in [0.29, 0.717) is 18.4 Å². The molecule has 120 valence electrons. The predicted molar refractivity (Wildman–Crippen MR) is 91.7 cm³/mol. The summed E-state index contributed by atoms with van der Waals surface area (Å²) in [6.07, 6.45) is 7.19. The summed E-state index contributed by atoms with van der Waals surface area (Å²) >= 11 is 0. The third-order valence-corrected chi connectivity index (χ3v) is 3.43. The number of para-hydroxylation sites is 1. The van der Waals surface area contributed by atoms with Crippen molar-refractivity contribution in [3.05, 3.63) is 72.1 Å². The zero-order valence-electron chi connectivity index (χ0n) is 12.8. The molecule has 23 heavy (non-hydrogen) atoms. The molecule has 0 bridgehead atoms. The van der Waals surface area contributed by atoms with Crippen molar-refractivity contribution in [2.45, 2.75) is 18.9 Å². The molecule has 0 aliphatic heterocycles. The Morgan fingerprint density at radius 1 is 1.13 bits per heavy atom. The Kier molecular flexibility index (Phi) is 6.54. The summed E-state index contributed by atoms with van der Waals surface area (Å²) < 4.78 is 0. The average molecular weight is 311 g/mol. The molecule has 0 aliphatic rings. The highest BCUT2D eigenvalue weighted by atomic mass is 16.3. The van der Waals surface area contributed by atoms with Crippen LogP contribution in [0.25, 0.3) is 11.6 Å². The molecular formula is C19H21NO3. The van der Waals surface area contributed by atoms with Gasteiger partial charge >= 0.3 is 0 Å². The lowest BCUT2D eigenvalue weighted by Gasteiger charge is -2.10. The summed E-state index contributed by atoms with van der Waals surface area (Å²) in [4.78, 5) is 4.36. The number of rotatable bonds is 7. The summed E-state index contributed by atoms with van der Waals surface area (Å²) in [5, 5.41) is 28.6. The number of phenolic OH excluding ortho intramolecular Hbond substituents is 1. The Hall–Kier alpha value is -2.43. The molecule has 1 aromatic carbocycles. The van der Waals surface area contributed by atoms with Gasteiger partial charge in [0.25, 0.3) is 0 Å². The molecule has 1 aromatic heterocycles. The Morgan fingerprint density at radius 3 is 2.61 bits per heavy atom. The number of benzene rings is 1. The van der Waals surface area contributed by atoms with Crippen LogP contribution in [0.3, 0.4) is 0 Å². The minimum Gasteiger partial charge on any atom is -0.507 e. The predicted octanol–water partition coefficient (Wildman–Crippen LogP) is 3.02. The molecule has 0 aliphatic carbocycles. The van der Waals surface area contributed by atoms with Crippen molar-refractivity contribution in [1.82, 2.24) is 4.98 Å². The number of aliphatic hydroxyl groups excluding tert-OH is 2. The summed E-state index contributed by atoms with van der Waals surface area (Å²) in [7, 11) is 0. The first-order valence-corrected chi connectivity index (χ1v) is 7.56. The first-order valence-electron chi connectivity index (χ1n) is 7.56. The van der Waals surface area contributed by atoms with E-state index in [2.05, 4.69) is 4.98 Å². The zero-order valence-corrected chi connectivity index (χ0v) is 12.8. The van der Waals surface area contributed by atoms with Crippen molar-refractivity contribution >= 4 is 11.6 Å². The normalized spacial score (nSPS) is 13.4. The summed E-state index contributed by atoms with van der Waals surface area (Å²) in [6.45, 7) is -0.0854. The molecule has 4 nitrogen and oxygen atoms in total. The van der Waals surface area contributed by atoms with Gasteiger partial charge in [0.2, 0.25) is 0 Å². The highest BCUT2D eigenvalue weighted by Gasteiger charge is 2.08. The largest absolute Gasteiger partial charge is 0.507 e. The fraction of sp³-hybridized carbons (Fsp3) is 0.211. The molecule has 0 amide bonds. The summed E-state index contributed by atoms with van der Waals surface area (Å²) in [6, 6.07) is 12.8. The number of allylic oxidation sites excluding steroid dienone is 1. The third kappa shape index (κ3) is 5.36. The van der Waals surface area contributed by atoms with Crippen LogP contribution >= 0.6 is 0 Å². The lowest BCUT2D eigenvalue weighted by Crippen LogP contribution is -2.03. The molecule has 2 aromatic rings. The van der Waals surface area contributed by atoms with E-state index in [1.54, 1.807) is 24.4 Å². The van der Waals surface area contributed by atoms with Crippen LogP contribution in [0.5, 0.6) is 5.75 Å². The number of pyridine rings is 1. The van der Waals surface area contributed by atoms with Gasteiger partial charge in [-0.05, 0) is 42.7 Å². The molecular weight excluding hydrogens is 290 g/mol. The number of hydrogen-bond donors (Lipinski definition) is 3. The van der Waals surface area contributed by atoms with Crippen LogP contribution in [0, 0.1) is 0 Å². The maximum Gasteiger partial charge on any atom is 0.122 e. The number of phenols is 1. The summed E-state index contributed by atoms with van der Waals surface area (Å²) in [5.41, 5.74) is 2.46. The van der Waals surface area contributed by atoms with Crippen molar-refractivity contribution < 1.29 is 15.3 Å². The number of nitrogens with zero attached hydrogens (tertiary/aromatic N) is 1. The van der Waals surface area contributed by atoms with Gasteiger partial charge in [0.05, 0.1) is 18.4 Å². The Morgan fingerprint density at radius 2 is 1.91 bits per heavy atom. The molecule has 1 atom stereocenters. The lowest BCUT2D eigenvalue weighted by atomic mass is 10.00. The highest BCUT2D eigenvalue weighted by molar-refractivity contribution is 5.81. The van der Waals surface area contributed by atoms with E-state index in [-0.39, 0.29) is 12.4 Å². The minimum absolute atomic E-state index is 0.0854. The first-order chi connectivity index (χ1) is 11.2. The van der Waals surface area contributed by atoms with E-state index in [0.717, 1.165) is 11.3 Å². The number of aromatic hydroxyl groups is 1. The maximum absolute atomic E-state index is 9.95. The third-order valence-electron chi connectivity index (χ3n) is 3.43. The van der Waals surface area contributed by atoms with Crippen LogP contribution in [-0.4, -0.2) is 33.0 Å². The van der Waals surface area contributed by atoms with Crippen molar-refractivity contribution in [2.24, 2.45) is 0 Å². The maximum atomic E-state index is 9.95. The molecule has 3 N–H and O–H groups in total. The minimum atomic E-state index is -0.626. The van der Waals surface area contributed by atoms with Gasteiger partial charge in [-0.3, -0.25) is 4.98 Å². The van der Waals surface area contributed by atoms with Crippen molar-refractivity contribution in [1.29, 1.82) is 0 Å². The van der Waals surface area contributed by atoms with Crippen LogP contribution < -0.4 is 0 Å². The topological polar surface area (TPSA) is 73.6 Å². The van der Waals surface area contributed by atoms with E-state index < -0.39 is 6.10 Å². The summed E-state index contributed by atoms with van der Waals surface area (Å²) in [5.74, 6) is 0.210. The van der Waals surface area contributed by atoms with E-state index in [1.165, 1.54) is 6.08 Å². The van der Waals surface area contributed by atoms with Gasteiger partial charge in [0.15, 0.2) is 0 Å². The fourth-order valence-electron chi connectivity index (χ4n) is 2.24. The quantitative estimate of drug-likeness (QED) is 0.687. The van der Waals surface area contributed by atoms with E-state index in [9.17, 15) is 10.2 Å². The van der Waals surface area contributed by atoms with Gasteiger partial charge in [-0.15, -0.1) is 0 Å². The monoisotopic (exact) mass is 311 g/mol. The SMILES string of the molecule is OC/C=C\[C@H](O)CC/C(=C/c1ccccc1O)c1ccccn1. The molecule has 0 saturated carbocycles. The molecule has 0 spiro atoms. The Labute approximate surface area is 136 Å². The van der Waals surface area contributed by atoms with Crippen LogP contribution in [0.1, 0.15) is 24.1 Å². The molecule has 0 fully saturated rings. The Balaban J connectivity index is 2.23. The molecule has 2 rings (SSSR count). The van der Waals surface area contributed by atoms with Gasteiger partial charge in [-0.1, -0.05) is 36.4 Å². The zero-order chi connectivity index (χ0) is 16.5. The molecule has 0 radical (unpaired) electrons. The number of aromatic nitrogens is 1. The number of hydrogen-bond acceptors (Lipinski definition) is 4. The van der Waals surface area contributed by atoms with Gasteiger partial charge in [0.1, 0.15) is 5.75 Å². The molecule has 1 heterocycles. The fourth-order valence-corrected chi connectivity index (χ4v) is 2.24. The smallest absolute Gasteiger partial charge is 0.122 e. The average Bonchev–Trinajstić information content (AvgIpc) is 2.59. The van der Waals surface area contributed by atoms with E-state index >= 15 is 0 Å². The second-order valence-electron chi connectivity index (χ2n) is 5.16. The van der Waals surface area contributed by atoms with Crippen LogP contribution in [-0.2, 0) is 0 Å². The van der Waals surface area contributed by atoms with Crippen molar-refractivity contribution in [2.75, 3.05) is 6.61 Å². The number of aliphatic hydroxyl groups is 2. The van der Waals surface area contributed by atoms with Crippen molar-refractivity contribution in [3.8, 4) is 5.75 Å². The highest BCUT2D eigenvalue weighted by Crippen LogP contribution is 2.26. The standard InChI is InChI=1S/C19H21NO3/c21-13-5-7-17(22)11-10-15(18-8-3-4-12-20-18)14-16-6-1-2-9-19(16)23/h1-9,12,14,17,21-23H,10-11,13H2/b7-5-,15-14-/t17-/m0/s1.